The predicted molar refractivity (Wildman–Crippen MR) is 53.6 cm³/mol. The molecule has 2 atom stereocenters. The molecule has 0 saturated carbocycles. The van der Waals surface area contributed by atoms with Crippen LogP contribution in [0.15, 0.2) is 0 Å². The molecule has 0 amide bonds. The molecule has 2 fully saturated rings. The normalized spacial score (nSPS) is 40.2. The molecule has 2 heterocycles. The van der Waals surface area contributed by atoms with Crippen LogP contribution in [-0.2, 0) is 0 Å². The molecule has 0 aromatic rings. The Hall–Kier alpha value is -0.0800. The molecule has 0 aromatic carbocycles. The molecule has 0 aliphatic carbocycles. The van der Waals surface area contributed by atoms with Crippen LogP contribution in [0, 0.1) is 5.92 Å². The monoisotopic (exact) mass is 183 g/mol. The van der Waals surface area contributed by atoms with E-state index in [0.29, 0.717) is 12.1 Å². The molecule has 1 N–H and O–H groups in total. The van der Waals surface area contributed by atoms with Crippen LogP contribution in [0.1, 0.15) is 39.5 Å². The number of fused-ring (bicyclic) bond motifs is 2. The molecule has 13 heavy (non-hydrogen) atoms. The van der Waals surface area contributed by atoms with Gasteiger partial charge in [-0.15, -0.1) is 0 Å². The lowest BCUT2D eigenvalue weighted by atomic mass is 9.98. The minimum Gasteiger partial charge on any atom is -0.393 e. The summed E-state index contributed by atoms with van der Waals surface area (Å²) in [7, 11) is 0. The summed E-state index contributed by atoms with van der Waals surface area (Å²) >= 11 is 0. The Morgan fingerprint density at radius 3 is 2.23 bits per heavy atom. The predicted octanol–water partition coefficient (Wildman–Crippen LogP) is 1.63. The van der Waals surface area contributed by atoms with Crippen LogP contribution in [0.25, 0.3) is 0 Å². The average molecular weight is 183 g/mol. The summed E-state index contributed by atoms with van der Waals surface area (Å²) in [5.41, 5.74) is 0. The van der Waals surface area contributed by atoms with Crippen molar-refractivity contribution in [2.75, 3.05) is 6.54 Å². The summed E-state index contributed by atoms with van der Waals surface area (Å²) < 4.78 is 0. The number of piperidine rings is 1. The van der Waals surface area contributed by atoms with Crippen LogP contribution >= 0.6 is 0 Å². The standard InChI is InChI=1S/C11H21NO/c1-8(2)7-12-9-3-4-10(12)6-11(13)5-9/h8-11,13H,3-7H2,1-2H3. The Kier molecular flexibility index (Phi) is 2.61. The fraction of sp³-hybridized carbons (Fsp3) is 1.00. The summed E-state index contributed by atoms with van der Waals surface area (Å²) in [5, 5.41) is 9.62. The number of nitrogens with zero attached hydrogens (tertiary/aromatic N) is 1. The van der Waals surface area contributed by atoms with E-state index in [-0.39, 0.29) is 6.10 Å². The van der Waals surface area contributed by atoms with Gasteiger partial charge in [0.2, 0.25) is 0 Å². The molecule has 2 aliphatic heterocycles. The maximum absolute atomic E-state index is 9.62. The maximum atomic E-state index is 9.62. The van der Waals surface area contributed by atoms with Crippen molar-refractivity contribution in [3.8, 4) is 0 Å². The summed E-state index contributed by atoms with van der Waals surface area (Å²) in [6, 6.07) is 1.38. The minimum atomic E-state index is -0.0130. The van der Waals surface area contributed by atoms with Gasteiger partial charge >= 0.3 is 0 Å². The van der Waals surface area contributed by atoms with Gasteiger partial charge in [-0.25, -0.2) is 0 Å². The maximum Gasteiger partial charge on any atom is 0.0570 e. The van der Waals surface area contributed by atoms with Gasteiger partial charge in [0.15, 0.2) is 0 Å². The largest absolute Gasteiger partial charge is 0.393 e. The van der Waals surface area contributed by atoms with Gasteiger partial charge in [-0.05, 0) is 31.6 Å². The van der Waals surface area contributed by atoms with E-state index >= 15 is 0 Å². The van der Waals surface area contributed by atoms with Gasteiger partial charge in [0.25, 0.3) is 0 Å². The quantitative estimate of drug-likeness (QED) is 0.703. The second-order valence-electron chi connectivity index (χ2n) is 5.10. The summed E-state index contributed by atoms with van der Waals surface area (Å²) in [6.45, 7) is 5.79. The topological polar surface area (TPSA) is 23.5 Å². The van der Waals surface area contributed by atoms with Crippen LogP contribution in [0.2, 0.25) is 0 Å². The highest BCUT2D eigenvalue weighted by Crippen LogP contribution is 2.35. The molecule has 2 rings (SSSR count). The van der Waals surface area contributed by atoms with Gasteiger partial charge in [-0.3, -0.25) is 4.90 Å². The van der Waals surface area contributed by atoms with Crippen molar-refractivity contribution in [2.24, 2.45) is 5.92 Å². The van der Waals surface area contributed by atoms with Crippen molar-refractivity contribution in [1.82, 2.24) is 4.90 Å². The molecule has 0 aromatic heterocycles. The van der Waals surface area contributed by atoms with Gasteiger partial charge in [-0.2, -0.15) is 0 Å². The van der Waals surface area contributed by atoms with Gasteiger partial charge in [-0.1, -0.05) is 13.8 Å². The Balaban J connectivity index is 1.98. The molecule has 2 bridgehead atoms. The minimum absolute atomic E-state index is 0.0130. The fourth-order valence-corrected chi connectivity index (χ4v) is 2.97. The van der Waals surface area contributed by atoms with Gasteiger partial charge in [0.1, 0.15) is 0 Å². The third-order valence-corrected chi connectivity index (χ3v) is 3.44. The van der Waals surface area contributed by atoms with E-state index in [1.165, 1.54) is 19.4 Å². The van der Waals surface area contributed by atoms with Crippen molar-refractivity contribution in [3.05, 3.63) is 0 Å². The Morgan fingerprint density at radius 2 is 1.77 bits per heavy atom. The zero-order valence-corrected chi connectivity index (χ0v) is 8.74. The summed E-state index contributed by atoms with van der Waals surface area (Å²) in [6.07, 6.45) is 4.65. The molecule has 2 heteroatoms. The van der Waals surface area contributed by atoms with Gasteiger partial charge in [0, 0.05) is 18.6 Å². The van der Waals surface area contributed by atoms with Crippen LogP contribution < -0.4 is 0 Å². The molecular formula is C11H21NO. The van der Waals surface area contributed by atoms with Crippen molar-refractivity contribution in [3.63, 3.8) is 0 Å². The molecule has 0 radical (unpaired) electrons. The first-order valence-electron chi connectivity index (χ1n) is 5.60. The van der Waals surface area contributed by atoms with E-state index in [1.807, 2.05) is 0 Å². The zero-order chi connectivity index (χ0) is 9.42. The molecular weight excluding hydrogens is 162 g/mol. The first kappa shape index (κ1) is 9.47. The zero-order valence-electron chi connectivity index (χ0n) is 8.74. The molecule has 2 nitrogen and oxygen atoms in total. The SMILES string of the molecule is CC(C)CN1C2CCC1CC(O)C2. The Labute approximate surface area is 80.9 Å². The lowest BCUT2D eigenvalue weighted by molar-refractivity contribution is 0.0295. The van der Waals surface area contributed by atoms with E-state index in [0.717, 1.165) is 18.8 Å². The van der Waals surface area contributed by atoms with Crippen LogP contribution in [0.4, 0.5) is 0 Å². The van der Waals surface area contributed by atoms with Crippen LogP contribution in [-0.4, -0.2) is 34.7 Å². The number of hydrogen-bond donors (Lipinski definition) is 1. The number of aliphatic hydroxyl groups excluding tert-OH is 1. The highest BCUT2D eigenvalue weighted by atomic mass is 16.3. The van der Waals surface area contributed by atoms with Crippen LogP contribution in [0.5, 0.6) is 0 Å². The van der Waals surface area contributed by atoms with E-state index in [1.54, 1.807) is 0 Å². The lowest BCUT2D eigenvalue weighted by Gasteiger charge is -2.38. The average Bonchev–Trinajstić information content (AvgIpc) is 2.32. The van der Waals surface area contributed by atoms with Crippen molar-refractivity contribution >= 4 is 0 Å². The van der Waals surface area contributed by atoms with Crippen molar-refractivity contribution in [1.29, 1.82) is 0 Å². The van der Waals surface area contributed by atoms with Crippen molar-refractivity contribution < 1.29 is 5.11 Å². The highest BCUT2D eigenvalue weighted by Gasteiger charge is 2.39. The first-order valence-corrected chi connectivity index (χ1v) is 5.60. The van der Waals surface area contributed by atoms with E-state index in [9.17, 15) is 5.11 Å². The Bertz CT molecular complexity index is 167. The molecule has 2 unspecified atom stereocenters. The summed E-state index contributed by atoms with van der Waals surface area (Å²) in [5.74, 6) is 0.762. The highest BCUT2D eigenvalue weighted by molar-refractivity contribution is 4.95. The first-order chi connectivity index (χ1) is 6.16. The Morgan fingerprint density at radius 1 is 1.23 bits per heavy atom. The second kappa shape index (κ2) is 3.58. The molecule has 2 aliphatic rings. The van der Waals surface area contributed by atoms with Gasteiger partial charge in [0.05, 0.1) is 6.10 Å². The molecule has 0 spiro atoms. The molecule has 76 valence electrons. The number of hydrogen-bond acceptors (Lipinski definition) is 2. The fourth-order valence-electron chi connectivity index (χ4n) is 2.97. The smallest absolute Gasteiger partial charge is 0.0570 e. The van der Waals surface area contributed by atoms with E-state index < -0.39 is 0 Å². The number of aliphatic hydroxyl groups is 1. The van der Waals surface area contributed by atoms with E-state index in [2.05, 4.69) is 18.7 Å². The van der Waals surface area contributed by atoms with Crippen molar-refractivity contribution in [2.45, 2.75) is 57.7 Å². The third-order valence-electron chi connectivity index (χ3n) is 3.44. The lowest BCUT2D eigenvalue weighted by Crippen LogP contribution is -2.46. The molecule has 2 saturated heterocycles. The van der Waals surface area contributed by atoms with Crippen LogP contribution in [0.3, 0.4) is 0 Å². The van der Waals surface area contributed by atoms with E-state index in [4.69, 9.17) is 0 Å². The summed E-state index contributed by atoms with van der Waals surface area (Å²) in [4.78, 5) is 2.64. The van der Waals surface area contributed by atoms with Gasteiger partial charge < -0.3 is 5.11 Å². The second-order valence-corrected chi connectivity index (χ2v) is 5.10. The number of rotatable bonds is 2. The third kappa shape index (κ3) is 1.89.